The second-order valence-corrected chi connectivity index (χ2v) is 7.10. The zero-order valence-electron chi connectivity index (χ0n) is 15.0. The summed E-state index contributed by atoms with van der Waals surface area (Å²) in [5.74, 6) is -0.825. The molecular weight excluding hydrogens is 316 g/mol. The molecular formula is C21H22O4. The maximum absolute atomic E-state index is 12.5. The van der Waals surface area contributed by atoms with Crippen molar-refractivity contribution in [3.05, 3.63) is 52.1 Å². The molecule has 1 aromatic rings. The highest BCUT2D eigenvalue weighted by Gasteiger charge is 2.36. The van der Waals surface area contributed by atoms with E-state index in [2.05, 4.69) is 19.9 Å². The summed E-state index contributed by atoms with van der Waals surface area (Å²) in [7, 11) is 0. The predicted molar refractivity (Wildman–Crippen MR) is 97.7 cm³/mol. The molecule has 1 aliphatic heterocycles. The van der Waals surface area contributed by atoms with Gasteiger partial charge in [0.25, 0.3) is 0 Å². The summed E-state index contributed by atoms with van der Waals surface area (Å²) in [5.41, 5.74) is 2.07. The van der Waals surface area contributed by atoms with Crippen LogP contribution in [0.2, 0.25) is 0 Å². The Balaban J connectivity index is 2.01. The molecule has 0 bridgehead atoms. The Morgan fingerprint density at radius 3 is 2.64 bits per heavy atom. The van der Waals surface area contributed by atoms with Gasteiger partial charge in [0, 0.05) is 22.3 Å². The molecule has 0 saturated carbocycles. The van der Waals surface area contributed by atoms with Crippen molar-refractivity contribution in [1.29, 1.82) is 0 Å². The van der Waals surface area contributed by atoms with Gasteiger partial charge in [-0.15, -0.1) is 0 Å². The molecule has 1 heterocycles. The Hall–Kier alpha value is -2.62. The molecule has 1 aliphatic carbocycles. The normalized spacial score (nSPS) is 21.6. The van der Waals surface area contributed by atoms with Gasteiger partial charge in [-0.2, -0.15) is 0 Å². The molecule has 4 nitrogen and oxygen atoms in total. The minimum absolute atomic E-state index is 0.0877. The summed E-state index contributed by atoms with van der Waals surface area (Å²) in [6.45, 7) is 7.59. The van der Waals surface area contributed by atoms with Crippen molar-refractivity contribution < 1.29 is 19.4 Å². The van der Waals surface area contributed by atoms with Crippen LogP contribution in [0.5, 0.6) is 5.75 Å². The first-order valence-corrected chi connectivity index (χ1v) is 8.41. The molecule has 0 radical (unpaired) electrons. The molecule has 4 heteroatoms. The number of ether oxygens (including phenoxy) is 1. The standard InChI is InChI=1S/C21H22O4/c1-12(2)6-5-10-21(4)11-9-14-16(25-21)8-7-15-17(14)20(24)19(23)13(3)18(15)22/h6-9,11,22H,5,10H2,1-4H3/t21-/m0/s1. The Kier molecular flexibility index (Phi) is 4.15. The Morgan fingerprint density at radius 1 is 1.24 bits per heavy atom. The maximum Gasteiger partial charge on any atom is 0.234 e. The van der Waals surface area contributed by atoms with Crippen molar-refractivity contribution in [2.75, 3.05) is 0 Å². The lowest BCUT2D eigenvalue weighted by atomic mass is 9.84. The number of hydrogen-bond acceptors (Lipinski definition) is 4. The Morgan fingerprint density at radius 2 is 1.96 bits per heavy atom. The van der Waals surface area contributed by atoms with E-state index in [1.807, 2.05) is 19.1 Å². The first-order chi connectivity index (χ1) is 11.7. The molecule has 0 unspecified atom stereocenters. The number of carbonyl (C=O) groups is 2. The lowest BCUT2D eigenvalue weighted by Crippen LogP contribution is -2.33. The van der Waals surface area contributed by atoms with Gasteiger partial charge in [0.2, 0.25) is 11.6 Å². The Bertz CT molecular complexity index is 866. The van der Waals surface area contributed by atoms with Crippen molar-refractivity contribution in [1.82, 2.24) is 0 Å². The van der Waals surface area contributed by atoms with E-state index in [0.29, 0.717) is 16.9 Å². The van der Waals surface area contributed by atoms with E-state index >= 15 is 0 Å². The number of allylic oxidation sites excluding steroid dienone is 3. The van der Waals surface area contributed by atoms with E-state index in [-0.39, 0.29) is 16.9 Å². The zero-order valence-corrected chi connectivity index (χ0v) is 15.0. The topological polar surface area (TPSA) is 63.6 Å². The fourth-order valence-electron chi connectivity index (χ4n) is 3.22. The van der Waals surface area contributed by atoms with Gasteiger partial charge in [0.1, 0.15) is 17.1 Å². The molecule has 0 fully saturated rings. The van der Waals surface area contributed by atoms with Crippen molar-refractivity contribution >= 4 is 23.4 Å². The third kappa shape index (κ3) is 2.93. The lowest BCUT2D eigenvalue weighted by molar-refractivity contribution is -0.111. The van der Waals surface area contributed by atoms with Gasteiger partial charge in [0.15, 0.2) is 0 Å². The van der Waals surface area contributed by atoms with Crippen LogP contribution in [0.1, 0.15) is 62.0 Å². The Labute approximate surface area is 147 Å². The van der Waals surface area contributed by atoms with Crippen LogP contribution in [-0.4, -0.2) is 22.3 Å². The molecule has 1 atom stereocenters. The number of hydrogen-bond donors (Lipinski definition) is 1. The average Bonchev–Trinajstić information content (AvgIpc) is 2.56. The summed E-state index contributed by atoms with van der Waals surface area (Å²) >= 11 is 0. The number of rotatable bonds is 3. The van der Waals surface area contributed by atoms with Crippen LogP contribution in [0.3, 0.4) is 0 Å². The molecule has 25 heavy (non-hydrogen) atoms. The highest BCUT2D eigenvalue weighted by Crippen LogP contribution is 2.40. The minimum Gasteiger partial charge on any atom is -0.507 e. The van der Waals surface area contributed by atoms with E-state index in [1.54, 1.807) is 12.1 Å². The fraction of sp³-hybridized carbons (Fsp3) is 0.333. The highest BCUT2D eigenvalue weighted by molar-refractivity contribution is 6.52. The number of benzene rings is 1. The number of aliphatic hydroxyl groups excluding tert-OH is 1. The van der Waals surface area contributed by atoms with E-state index in [1.165, 1.54) is 12.5 Å². The van der Waals surface area contributed by atoms with Crippen LogP contribution in [0.25, 0.3) is 11.8 Å². The predicted octanol–water partition coefficient (Wildman–Crippen LogP) is 4.65. The number of aliphatic hydroxyl groups is 1. The van der Waals surface area contributed by atoms with E-state index in [4.69, 9.17) is 4.74 Å². The molecule has 3 rings (SSSR count). The van der Waals surface area contributed by atoms with Gasteiger partial charge in [-0.05, 0) is 58.7 Å². The molecule has 1 aromatic carbocycles. The highest BCUT2D eigenvalue weighted by atomic mass is 16.5. The first kappa shape index (κ1) is 17.2. The quantitative estimate of drug-likeness (QED) is 0.643. The van der Waals surface area contributed by atoms with Crippen molar-refractivity contribution in [2.24, 2.45) is 0 Å². The van der Waals surface area contributed by atoms with Gasteiger partial charge >= 0.3 is 0 Å². The zero-order chi connectivity index (χ0) is 18.4. The maximum atomic E-state index is 12.5. The van der Waals surface area contributed by atoms with Gasteiger partial charge in [-0.3, -0.25) is 9.59 Å². The van der Waals surface area contributed by atoms with Crippen LogP contribution in [0.15, 0.2) is 35.4 Å². The molecule has 0 spiro atoms. The second kappa shape index (κ2) is 6.03. The molecule has 130 valence electrons. The fourth-order valence-corrected chi connectivity index (χ4v) is 3.22. The summed E-state index contributed by atoms with van der Waals surface area (Å²) < 4.78 is 6.14. The number of fused-ring (bicyclic) bond motifs is 3. The van der Waals surface area contributed by atoms with E-state index in [9.17, 15) is 14.7 Å². The third-order valence-corrected chi connectivity index (χ3v) is 4.73. The van der Waals surface area contributed by atoms with Crippen molar-refractivity contribution in [3.63, 3.8) is 0 Å². The SMILES string of the molecule is CC(C)=CCC[C@@]1(C)C=Cc2c(ccc3c2C(=O)C(=O)C(C)=C3O)O1. The average molecular weight is 338 g/mol. The summed E-state index contributed by atoms with van der Waals surface area (Å²) in [4.78, 5) is 24.5. The first-order valence-electron chi connectivity index (χ1n) is 8.41. The third-order valence-electron chi connectivity index (χ3n) is 4.73. The number of Topliss-reactive ketones (excluding diaryl/α,β-unsaturated/α-hetero) is 2. The van der Waals surface area contributed by atoms with Crippen molar-refractivity contribution in [2.45, 2.75) is 46.1 Å². The van der Waals surface area contributed by atoms with E-state index in [0.717, 1.165) is 12.8 Å². The van der Waals surface area contributed by atoms with Gasteiger partial charge in [-0.1, -0.05) is 17.7 Å². The minimum atomic E-state index is -0.663. The van der Waals surface area contributed by atoms with Crippen LogP contribution in [0, 0.1) is 0 Å². The number of carbonyl (C=O) groups excluding carboxylic acids is 2. The van der Waals surface area contributed by atoms with Crippen LogP contribution in [0.4, 0.5) is 0 Å². The van der Waals surface area contributed by atoms with E-state index < -0.39 is 17.2 Å². The summed E-state index contributed by atoms with van der Waals surface area (Å²) in [6, 6.07) is 3.40. The second-order valence-electron chi connectivity index (χ2n) is 7.10. The van der Waals surface area contributed by atoms with Crippen LogP contribution >= 0.6 is 0 Å². The summed E-state index contributed by atoms with van der Waals surface area (Å²) in [5, 5.41) is 10.2. The van der Waals surface area contributed by atoms with Crippen LogP contribution in [-0.2, 0) is 4.79 Å². The van der Waals surface area contributed by atoms with Gasteiger partial charge < -0.3 is 9.84 Å². The van der Waals surface area contributed by atoms with Gasteiger partial charge in [0.05, 0.1) is 0 Å². The van der Waals surface area contributed by atoms with Crippen molar-refractivity contribution in [3.8, 4) is 5.75 Å². The van der Waals surface area contributed by atoms with Crippen LogP contribution < -0.4 is 4.74 Å². The molecule has 0 saturated heterocycles. The number of ketones is 2. The molecule has 0 aromatic heterocycles. The molecule has 1 N–H and O–H groups in total. The molecule has 0 amide bonds. The largest absolute Gasteiger partial charge is 0.507 e. The monoisotopic (exact) mass is 338 g/mol. The smallest absolute Gasteiger partial charge is 0.234 e. The van der Waals surface area contributed by atoms with Gasteiger partial charge in [-0.25, -0.2) is 0 Å². The lowest BCUT2D eigenvalue weighted by Gasteiger charge is -2.33. The molecule has 2 aliphatic rings. The summed E-state index contributed by atoms with van der Waals surface area (Å²) in [6.07, 6.45) is 7.62.